The Morgan fingerprint density at radius 3 is 2.29 bits per heavy atom. The van der Waals surface area contributed by atoms with Gasteiger partial charge in [0.05, 0.1) is 6.21 Å². The number of carbonyl (C=O) groups is 2. The molecule has 0 atom stereocenters. The van der Waals surface area contributed by atoms with Crippen LogP contribution in [-0.2, 0) is 9.59 Å². The number of anilines is 1. The number of halogens is 1. The van der Waals surface area contributed by atoms with Gasteiger partial charge in [-0.25, -0.2) is 5.43 Å². The van der Waals surface area contributed by atoms with Gasteiger partial charge in [-0.3, -0.25) is 9.59 Å². The number of aryl methyl sites for hydroxylation is 1. The first-order valence-corrected chi connectivity index (χ1v) is 7.85. The zero-order chi connectivity index (χ0) is 17.4. The van der Waals surface area contributed by atoms with Gasteiger partial charge in [-0.1, -0.05) is 41.4 Å². The third-order valence-electron chi connectivity index (χ3n) is 3.19. The molecule has 2 aromatic carbocycles. The minimum Gasteiger partial charge on any atom is -0.326 e. The Kier molecular flexibility index (Phi) is 6.51. The quantitative estimate of drug-likeness (QED) is 0.622. The number of amides is 2. The summed E-state index contributed by atoms with van der Waals surface area (Å²) in [5, 5.41) is 7.22. The van der Waals surface area contributed by atoms with Crippen molar-refractivity contribution in [1.82, 2.24) is 5.43 Å². The topological polar surface area (TPSA) is 70.6 Å². The van der Waals surface area contributed by atoms with Crippen molar-refractivity contribution < 1.29 is 9.59 Å². The monoisotopic (exact) mass is 343 g/mol. The van der Waals surface area contributed by atoms with Gasteiger partial charge >= 0.3 is 0 Å². The number of hydrogen-bond donors (Lipinski definition) is 2. The molecule has 0 radical (unpaired) electrons. The zero-order valence-electron chi connectivity index (χ0n) is 13.3. The Hall–Kier alpha value is -2.66. The number of hydrogen-bond acceptors (Lipinski definition) is 3. The number of carbonyl (C=O) groups excluding carboxylic acids is 2. The summed E-state index contributed by atoms with van der Waals surface area (Å²) in [6, 6.07) is 14.5. The molecule has 0 aliphatic rings. The molecule has 0 saturated heterocycles. The minimum atomic E-state index is -0.320. The van der Waals surface area contributed by atoms with E-state index in [2.05, 4.69) is 15.8 Å². The van der Waals surface area contributed by atoms with Crippen molar-refractivity contribution in [1.29, 1.82) is 0 Å². The predicted octanol–water partition coefficient (Wildman–Crippen LogP) is 3.52. The van der Waals surface area contributed by atoms with E-state index in [4.69, 9.17) is 11.6 Å². The second kappa shape index (κ2) is 8.84. The van der Waals surface area contributed by atoms with Crippen LogP contribution < -0.4 is 10.7 Å². The van der Waals surface area contributed by atoms with Crippen LogP contribution in [-0.4, -0.2) is 18.0 Å². The van der Waals surface area contributed by atoms with Crippen LogP contribution in [0.1, 0.15) is 24.0 Å². The maximum absolute atomic E-state index is 11.8. The molecule has 0 aromatic heterocycles. The van der Waals surface area contributed by atoms with E-state index in [1.807, 2.05) is 31.2 Å². The maximum Gasteiger partial charge on any atom is 0.240 e. The first kappa shape index (κ1) is 17.7. The normalized spacial score (nSPS) is 10.6. The van der Waals surface area contributed by atoms with Gasteiger partial charge in [0.1, 0.15) is 0 Å². The van der Waals surface area contributed by atoms with Crippen molar-refractivity contribution in [2.45, 2.75) is 19.8 Å². The van der Waals surface area contributed by atoms with Gasteiger partial charge < -0.3 is 5.32 Å². The number of rotatable bonds is 6. The highest BCUT2D eigenvalue weighted by atomic mass is 35.5. The summed E-state index contributed by atoms with van der Waals surface area (Å²) in [4.78, 5) is 23.4. The fourth-order valence-electron chi connectivity index (χ4n) is 1.87. The van der Waals surface area contributed by atoms with Gasteiger partial charge in [0, 0.05) is 23.6 Å². The van der Waals surface area contributed by atoms with E-state index in [-0.39, 0.29) is 24.7 Å². The molecule has 0 bridgehead atoms. The first-order chi connectivity index (χ1) is 11.5. The van der Waals surface area contributed by atoms with Crippen molar-refractivity contribution >= 4 is 35.3 Å². The molecule has 0 saturated carbocycles. The van der Waals surface area contributed by atoms with Crippen molar-refractivity contribution in [3.8, 4) is 0 Å². The second-order valence-corrected chi connectivity index (χ2v) is 5.70. The van der Waals surface area contributed by atoms with Crippen molar-refractivity contribution in [3.05, 3.63) is 64.7 Å². The molecule has 0 aliphatic carbocycles. The van der Waals surface area contributed by atoms with Gasteiger partial charge in [0.2, 0.25) is 11.8 Å². The summed E-state index contributed by atoms with van der Waals surface area (Å²) >= 11 is 5.78. The summed E-state index contributed by atoms with van der Waals surface area (Å²) in [5.74, 6) is -0.532. The van der Waals surface area contributed by atoms with Gasteiger partial charge in [-0.2, -0.15) is 5.10 Å². The fourth-order valence-corrected chi connectivity index (χ4v) is 2.00. The highest BCUT2D eigenvalue weighted by molar-refractivity contribution is 6.30. The summed E-state index contributed by atoms with van der Waals surface area (Å²) < 4.78 is 0. The predicted molar refractivity (Wildman–Crippen MR) is 96.2 cm³/mol. The van der Waals surface area contributed by atoms with Gasteiger partial charge in [0.15, 0.2) is 0 Å². The van der Waals surface area contributed by atoms with Crippen LogP contribution in [0.5, 0.6) is 0 Å². The molecule has 0 aliphatic heterocycles. The van der Waals surface area contributed by atoms with Gasteiger partial charge in [0.25, 0.3) is 0 Å². The smallest absolute Gasteiger partial charge is 0.240 e. The Morgan fingerprint density at radius 1 is 1.00 bits per heavy atom. The molecule has 2 aromatic rings. The minimum absolute atomic E-state index is 0.0651. The molecular weight excluding hydrogens is 326 g/mol. The number of nitrogens with zero attached hydrogens (tertiary/aromatic N) is 1. The number of nitrogens with one attached hydrogen (secondary N) is 2. The Balaban J connectivity index is 1.71. The second-order valence-electron chi connectivity index (χ2n) is 5.26. The van der Waals surface area contributed by atoms with Crippen molar-refractivity contribution in [2.75, 3.05) is 5.32 Å². The standard InChI is InChI=1S/C18H18ClN3O2/c1-13-2-8-16(9-3-13)21-17(23)10-11-18(24)22-20-12-14-4-6-15(19)7-5-14/h2-9,12H,10-11H2,1H3,(H,21,23)(H,22,24). The van der Waals surface area contributed by atoms with Crippen LogP contribution in [0.2, 0.25) is 5.02 Å². The third kappa shape index (κ3) is 6.22. The van der Waals surface area contributed by atoms with Crippen LogP contribution >= 0.6 is 11.6 Å². The SMILES string of the molecule is Cc1ccc(NC(=O)CCC(=O)NN=Cc2ccc(Cl)cc2)cc1. The lowest BCUT2D eigenvalue weighted by atomic mass is 10.2. The van der Waals surface area contributed by atoms with Gasteiger partial charge in [-0.05, 0) is 36.8 Å². The molecule has 5 nitrogen and oxygen atoms in total. The molecule has 0 fully saturated rings. The van der Waals surface area contributed by atoms with E-state index in [1.54, 1.807) is 24.3 Å². The molecule has 2 N–H and O–H groups in total. The molecule has 0 spiro atoms. The molecule has 24 heavy (non-hydrogen) atoms. The summed E-state index contributed by atoms with van der Waals surface area (Å²) in [5.41, 5.74) is 5.04. The first-order valence-electron chi connectivity index (χ1n) is 7.47. The molecule has 0 heterocycles. The van der Waals surface area contributed by atoms with Crippen LogP contribution in [0.15, 0.2) is 53.6 Å². The van der Waals surface area contributed by atoms with E-state index >= 15 is 0 Å². The Labute approximate surface area is 145 Å². The largest absolute Gasteiger partial charge is 0.326 e. The molecule has 2 amide bonds. The molecule has 0 unspecified atom stereocenters. The van der Waals surface area contributed by atoms with E-state index in [0.29, 0.717) is 10.7 Å². The van der Waals surface area contributed by atoms with Crippen LogP contribution in [0, 0.1) is 6.92 Å². The van der Waals surface area contributed by atoms with Crippen molar-refractivity contribution in [3.63, 3.8) is 0 Å². The highest BCUT2D eigenvalue weighted by Crippen LogP contribution is 2.09. The average Bonchev–Trinajstić information content (AvgIpc) is 2.57. The van der Waals surface area contributed by atoms with Crippen LogP contribution in [0.4, 0.5) is 5.69 Å². The van der Waals surface area contributed by atoms with Crippen LogP contribution in [0.25, 0.3) is 0 Å². The zero-order valence-corrected chi connectivity index (χ0v) is 14.0. The summed E-state index contributed by atoms with van der Waals surface area (Å²) in [6.07, 6.45) is 1.67. The van der Waals surface area contributed by atoms with Crippen molar-refractivity contribution in [2.24, 2.45) is 5.10 Å². The Morgan fingerprint density at radius 2 is 1.62 bits per heavy atom. The number of benzene rings is 2. The van der Waals surface area contributed by atoms with E-state index in [0.717, 1.165) is 11.1 Å². The lowest BCUT2D eigenvalue weighted by Gasteiger charge is -2.05. The maximum atomic E-state index is 11.8. The molecular formula is C18H18ClN3O2. The third-order valence-corrected chi connectivity index (χ3v) is 3.44. The number of hydrazone groups is 1. The molecule has 2 rings (SSSR count). The van der Waals surface area contributed by atoms with E-state index < -0.39 is 0 Å². The fraction of sp³-hybridized carbons (Fsp3) is 0.167. The van der Waals surface area contributed by atoms with E-state index in [1.165, 1.54) is 6.21 Å². The average molecular weight is 344 g/mol. The lowest BCUT2D eigenvalue weighted by molar-refractivity contribution is -0.124. The highest BCUT2D eigenvalue weighted by Gasteiger charge is 2.06. The van der Waals surface area contributed by atoms with E-state index in [9.17, 15) is 9.59 Å². The Bertz CT molecular complexity index is 725. The van der Waals surface area contributed by atoms with Crippen LogP contribution in [0.3, 0.4) is 0 Å². The molecule has 124 valence electrons. The lowest BCUT2D eigenvalue weighted by Crippen LogP contribution is -2.20. The van der Waals surface area contributed by atoms with Gasteiger partial charge in [-0.15, -0.1) is 0 Å². The summed E-state index contributed by atoms with van der Waals surface area (Å²) in [6.45, 7) is 1.97. The molecule has 6 heteroatoms. The summed E-state index contributed by atoms with van der Waals surface area (Å²) in [7, 11) is 0.